The molecule has 2 aliphatic rings. The predicted molar refractivity (Wildman–Crippen MR) is 165 cm³/mol. The third-order valence-electron chi connectivity index (χ3n) is 8.62. The molecule has 5 heteroatoms. The highest BCUT2D eigenvalue weighted by Gasteiger charge is 2.29. The van der Waals surface area contributed by atoms with Crippen LogP contribution in [0.5, 0.6) is 11.5 Å². The molecule has 1 aliphatic carbocycles. The van der Waals surface area contributed by atoms with Gasteiger partial charge in [0.15, 0.2) is 0 Å². The van der Waals surface area contributed by atoms with Crippen LogP contribution in [0, 0.1) is 5.92 Å². The second-order valence-corrected chi connectivity index (χ2v) is 12.8. The van der Waals surface area contributed by atoms with E-state index < -0.39 is 0 Å². The number of ether oxygens (including phenoxy) is 2. The first-order valence-corrected chi connectivity index (χ1v) is 15.3. The van der Waals surface area contributed by atoms with Gasteiger partial charge in [-0.25, -0.2) is 0 Å². The zero-order valence-corrected chi connectivity index (χ0v) is 24.8. The number of amides is 1. The van der Waals surface area contributed by atoms with Crippen molar-refractivity contribution in [3.8, 4) is 11.5 Å². The standard InChI is InChI=1S/C36H45NO4/c1-36(2,3)31-20-18-25(17-19-27(23-38)40-24-26-11-5-4-6-12-26)21-32(31)37-35(39)22-30-28-13-7-9-15-33(28)41-34-16-10-8-14-29(30)34/h7-10,13-16,18,20-21,26-27,30,38H,4-6,11-12,17,19,22-24H2,1-3H3,(H,37,39). The number of hydrogen-bond donors (Lipinski definition) is 2. The molecule has 5 nitrogen and oxygen atoms in total. The van der Waals surface area contributed by atoms with E-state index >= 15 is 0 Å². The van der Waals surface area contributed by atoms with Crippen molar-refractivity contribution in [3.05, 3.63) is 89.0 Å². The van der Waals surface area contributed by atoms with E-state index in [1.54, 1.807) is 0 Å². The van der Waals surface area contributed by atoms with Crippen molar-refractivity contribution in [2.75, 3.05) is 18.5 Å². The van der Waals surface area contributed by atoms with Gasteiger partial charge in [0.1, 0.15) is 11.5 Å². The SMILES string of the molecule is CC(C)(C)c1ccc(CCC(CO)OCC2CCCCC2)cc1NC(=O)CC1c2ccccc2Oc2ccccc21. The highest BCUT2D eigenvalue weighted by atomic mass is 16.5. The molecule has 0 bridgehead atoms. The molecule has 3 aromatic rings. The number of rotatable bonds is 10. The van der Waals surface area contributed by atoms with E-state index in [9.17, 15) is 9.90 Å². The Kier molecular flexibility index (Phi) is 9.46. The Bertz CT molecular complexity index is 1280. The van der Waals surface area contributed by atoms with Crippen LogP contribution in [0.3, 0.4) is 0 Å². The summed E-state index contributed by atoms with van der Waals surface area (Å²) in [6.45, 7) is 7.29. The maximum atomic E-state index is 13.6. The monoisotopic (exact) mass is 555 g/mol. The van der Waals surface area contributed by atoms with Crippen molar-refractivity contribution in [2.45, 2.75) is 89.6 Å². The fourth-order valence-corrected chi connectivity index (χ4v) is 6.30. The summed E-state index contributed by atoms with van der Waals surface area (Å²) in [5, 5.41) is 13.2. The van der Waals surface area contributed by atoms with Gasteiger partial charge in [0.05, 0.1) is 12.7 Å². The smallest absolute Gasteiger partial charge is 0.225 e. The number of anilines is 1. The van der Waals surface area contributed by atoms with Crippen LogP contribution in [0.1, 0.15) is 93.9 Å². The number of aryl methyl sites for hydroxylation is 1. The van der Waals surface area contributed by atoms with Crippen LogP contribution in [0.4, 0.5) is 5.69 Å². The van der Waals surface area contributed by atoms with Crippen LogP contribution >= 0.6 is 0 Å². The average Bonchev–Trinajstić information content (AvgIpc) is 2.97. The first-order chi connectivity index (χ1) is 19.8. The molecule has 1 saturated carbocycles. The third-order valence-corrected chi connectivity index (χ3v) is 8.62. The summed E-state index contributed by atoms with van der Waals surface area (Å²) in [6.07, 6.45) is 8.09. The van der Waals surface area contributed by atoms with Crippen LogP contribution < -0.4 is 10.1 Å². The van der Waals surface area contributed by atoms with E-state index in [4.69, 9.17) is 9.47 Å². The number of para-hydroxylation sites is 2. The normalized spacial score (nSPS) is 16.4. The Morgan fingerprint density at radius 1 is 0.976 bits per heavy atom. The topological polar surface area (TPSA) is 67.8 Å². The number of nitrogens with one attached hydrogen (secondary N) is 1. The molecule has 1 aliphatic heterocycles. The minimum atomic E-state index is -0.161. The Balaban J connectivity index is 1.29. The van der Waals surface area contributed by atoms with Crippen LogP contribution in [0.15, 0.2) is 66.7 Å². The number of hydrogen-bond acceptors (Lipinski definition) is 4. The lowest BCUT2D eigenvalue weighted by Crippen LogP contribution is -2.24. The summed E-state index contributed by atoms with van der Waals surface area (Å²) in [7, 11) is 0. The van der Waals surface area contributed by atoms with E-state index in [2.05, 4.69) is 56.4 Å². The van der Waals surface area contributed by atoms with Crippen molar-refractivity contribution in [2.24, 2.45) is 5.92 Å². The fourth-order valence-electron chi connectivity index (χ4n) is 6.30. The largest absolute Gasteiger partial charge is 0.457 e. The number of benzene rings is 3. The second-order valence-electron chi connectivity index (χ2n) is 12.8. The van der Waals surface area contributed by atoms with E-state index in [1.807, 2.05) is 36.4 Å². The Morgan fingerprint density at radius 2 is 1.63 bits per heavy atom. The first kappa shape index (κ1) is 29.3. The molecular weight excluding hydrogens is 510 g/mol. The number of carbonyl (C=O) groups excluding carboxylic acids is 1. The van der Waals surface area contributed by atoms with Crippen LogP contribution in [-0.4, -0.2) is 30.3 Å². The number of aliphatic hydroxyl groups is 1. The molecule has 0 saturated heterocycles. The molecular formula is C36H45NO4. The second kappa shape index (κ2) is 13.2. The van der Waals surface area contributed by atoms with Crippen molar-refractivity contribution in [1.82, 2.24) is 0 Å². The minimum absolute atomic E-state index is 0.0202. The molecule has 218 valence electrons. The molecule has 0 spiro atoms. The van der Waals surface area contributed by atoms with Crippen LogP contribution in [-0.2, 0) is 21.4 Å². The molecule has 3 aromatic carbocycles. The third kappa shape index (κ3) is 7.38. The zero-order chi connectivity index (χ0) is 28.8. The zero-order valence-electron chi connectivity index (χ0n) is 24.8. The molecule has 2 N–H and O–H groups in total. The highest BCUT2D eigenvalue weighted by molar-refractivity contribution is 5.93. The van der Waals surface area contributed by atoms with Gasteiger partial charge in [-0.2, -0.15) is 0 Å². The number of carbonyl (C=O) groups is 1. The molecule has 1 unspecified atom stereocenters. The van der Waals surface area contributed by atoms with Crippen LogP contribution in [0.2, 0.25) is 0 Å². The van der Waals surface area contributed by atoms with Gasteiger partial charge in [0.25, 0.3) is 0 Å². The van der Waals surface area contributed by atoms with E-state index in [0.717, 1.165) is 58.9 Å². The molecule has 5 rings (SSSR count). The summed E-state index contributed by atoms with van der Waals surface area (Å²) in [4.78, 5) is 13.6. The van der Waals surface area contributed by atoms with E-state index in [1.165, 1.54) is 32.1 Å². The number of fused-ring (bicyclic) bond motifs is 2. The lowest BCUT2D eigenvalue weighted by Gasteiger charge is -2.28. The van der Waals surface area contributed by atoms with E-state index in [0.29, 0.717) is 12.3 Å². The van der Waals surface area contributed by atoms with Gasteiger partial charge in [-0.1, -0.05) is 88.6 Å². The maximum Gasteiger partial charge on any atom is 0.225 e. The average molecular weight is 556 g/mol. The van der Waals surface area contributed by atoms with Crippen LogP contribution in [0.25, 0.3) is 0 Å². The molecule has 1 fully saturated rings. The lowest BCUT2D eigenvalue weighted by atomic mass is 9.84. The fraction of sp³-hybridized carbons (Fsp3) is 0.472. The van der Waals surface area contributed by atoms with Gasteiger partial charge in [-0.05, 0) is 66.3 Å². The van der Waals surface area contributed by atoms with Gasteiger partial charge in [0.2, 0.25) is 5.91 Å². The summed E-state index contributed by atoms with van der Waals surface area (Å²) in [5.74, 6) is 2.15. The Morgan fingerprint density at radius 3 is 2.27 bits per heavy atom. The lowest BCUT2D eigenvalue weighted by molar-refractivity contribution is -0.116. The van der Waals surface area contributed by atoms with E-state index in [-0.39, 0.29) is 30.0 Å². The molecule has 0 aromatic heterocycles. The maximum absolute atomic E-state index is 13.6. The summed E-state index contributed by atoms with van der Waals surface area (Å²) in [6, 6.07) is 22.4. The quantitative estimate of drug-likeness (QED) is 0.265. The molecule has 1 heterocycles. The predicted octanol–water partition coefficient (Wildman–Crippen LogP) is 8.14. The molecule has 1 amide bonds. The molecule has 41 heavy (non-hydrogen) atoms. The van der Waals surface area contributed by atoms with Crippen molar-refractivity contribution < 1.29 is 19.4 Å². The first-order valence-electron chi connectivity index (χ1n) is 15.3. The van der Waals surface area contributed by atoms with Crippen molar-refractivity contribution in [3.63, 3.8) is 0 Å². The van der Waals surface area contributed by atoms with Gasteiger partial charge in [-0.15, -0.1) is 0 Å². The minimum Gasteiger partial charge on any atom is -0.457 e. The molecule has 1 atom stereocenters. The number of aliphatic hydroxyl groups excluding tert-OH is 1. The Labute approximate surface area is 245 Å². The Hall–Kier alpha value is -3.15. The summed E-state index contributed by atoms with van der Waals surface area (Å²) < 4.78 is 12.3. The van der Waals surface area contributed by atoms with Gasteiger partial charge in [-0.3, -0.25) is 4.79 Å². The summed E-state index contributed by atoms with van der Waals surface area (Å²) >= 11 is 0. The molecule has 0 radical (unpaired) electrons. The van der Waals surface area contributed by atoms with Gasteiger partial charge in [0, 0.05) is 35.8 Å². The van der Waals surface area contributed by atoms with Crippen molar-refractivity contribution in [1.29, 1.82) is 0 Å². The summed E-state index contributed by atoms with van der Waals surface area (Å²) in [5.41, 5.74) is 5.04. The van der Waals surface area contributed by atoms with Crippen molar-refractivity contribution >= 4 is 11.6 Å². The van der Waals surface area contributed by atoms with Gasteiger partial charge >= 0.3 is 0 Å². The highest BCUT2D eigenvalue weighted by Crippen LogP contribution is 2.45. The van der Waals surface area contributed by atoms with Gasteiger partial charge < -0.3 is 19.9 Å².